The van der Waals surface area contributed by atoms with Crippen molar-refractivity contribution in [1.29, 1.82) is 0 Å². The van der Waals surface area contributed by atoms with Crippen LogP contribution in [-0.4, -0.2) is 38.1 Å². The minimum absolute atomic E-state index is 0.0394. The van der Waals surface area contributed by atoms with Gasteiger partial charge in [0, 0.05) is 13.6 Å². The van der Waals surface area contributed by atoms with Crippen LogP contribution in [0.4, 0.5) is 13.2 Å². The summed E-state index contributed by atoms with van der Waals surface area (Å²) in [6, 6.07) is 5.16. The van der Waals surface area contributed by atoms with Gasteiger partial charge >= 0.3 is 6.18 Å². The van der Waals surface area contributed by atoms with Gasteiger partial charge in [0.1, 0.15) is 12.9 Å². The van der Waals surface area contributed by atoms with Gasteiger partial charge in [-0.3, -0.25) is 4.79 Å². The predicted octanol–water partition coefficient (Wildman–Crippen LogP) is 1.35. The smallest absolute Gasteiger partial charge is 0.340 e. The number of carbonyl (C=O) groups is 1. The first-order valence-electron chi connectivity index (χ1n) is 5.98. The van der Waals surface area contributed by atoms with Crippen LogP contribution in [0.1, 0.15) is 11.1 Å². The lowest BCUT2D eigenvalue weighted by Gasteiger charge is -2.20. The Balaban J connectivity index is 2.09. The summed E-state index contributed by atoms with van der Waals surface area (Å²) in [6.45, 7) is -0.270. The molecule has 21 heavy (non-hydrogen) atoms. The summed E-state index contributed by atoms with van der Waals surface area (Å²) >= 11 is 0. The van der Waals surface area contributed by atoms with E-state index in [9.17, 15) is 18.0 Å². The molecule has 0 unspecified atom stereocenters. The lowest BCUT2D eigenvalue weighted by Crippen LogP contribution is -2.30. The Labute approximate surface area is 118 Å². The summed E-state index contributed by atoms with van der Waals surface area (Å²) < 4.78 is 39.8. The van der Waals surface area contributed by atoms with Crippen LogP contribution in [0.25, 0.3) is 0 Å². The number of hydrogen-bond acceptors (Lipinski definition) is 4. The van der Waals surface area contributed by atoms with Crippen molar-refractivity contribution in [3.63, 3.8) is 0 Å². The van der Waals surface area contributed by atoms with E-state index < -0.39 is 11.7 Å². The number of amides is 1. The van der Waals surface area contributed by atoms with E-state index in [4.69, 9.17) is 0 Å². The van der Waals surface area contributed by atoms with Crippen molar-refractivity contribution in [2.75, 3.05) is 7.05 Å². The summed E-state index contributed by atoms with van der Waals surface area (Å²) in [7, 11) is 1.43. The van der Waals surface area contributed by atoms with Gasteiger partial charge in [-0.25, -0.2) is 4.68 Å². The Morgan fingerprint density at radius 2 is 2.05 bits per heavy atom. The molecule has 112 valence electrons. The van der Waals surface area contributed by atoms with Gasteiger partial charge in [-0.05, 0) is 22.1 Å². The first-order chi connectivity index (χ1) is 9.88. The Bertz CT molecular complexity index is 612. The van der Waals surface area contributed by atoms with E-state index in [1.807, 2.05) is 0 Å². The number of benzene rings is 1. The van der Waals surface area contributed by atoms with Crippen molar-refractivity contribution in [2.24, 2.45) is 0 Å². The largest absolute Gasteiger partial charge is 0.416 e. The summed E-state index contributed by atoms with van der Waals surface area (Å²) in [4.78, 5) is 13.1. The van der Waals surface area contributed by atoms with Gasteiger partial charge in [0.15, 0.2) is 0 Å². The predicted molar refractivity (Wildman–Crippen MR) is 65.7 cm³/mol. The molecule has 0 fully saturated rings. The zero-order valence-corrected chi connectivity index (χ0v) is 11.1. The number of rotatable bonds is 4. The molecule has 1 amide bonds. The third-order valence-electron chi connectivity index (χ3n) is 2.84. The Morgan fingerprint density at radius 3 is 2.67 bits per heavy atom. The highest BCUT2D eigenvalue weighted by atomic mass is 19.4. The highest BCUT2D eigenvalue weighted by Gasteiger charge is 2.33. The second-order valence-electron chi connectivity index (χ2n) is 4.41. The molecule has 0 saturated heterocycles. The van der Waals surface area contributed by atoms with E-state index in [0.717, 1.165) is 6.07 Å². The number of nitrogens with zero attached hydrogens (tertiary/aromatic N) is 5. The fraction of sp³-hybridized carbons (Fsp3) is 0.333. The molecule has 0 radical (unpaired) electrons. The third-order valence-corrected chi connectivity index (χ3v) is 2.84. The Kier molecular flexibility index (Phi) is 4.20. The minimum Gasteiger partial charge on any atom is -0.340 e. The van der Waals surface area contributed by atoms with Gasteiger partial charge in [0.05, 0.1) is 5.56 Å². The van der Waals surface area contributed by atoms with Crippen LogP contribution in [0.5, 0.6) is 0 Å². The number of tetrazole rings is 1. The van der Waals surface area contributed by atoms with E-state index in [-0.39, 0.29) is 24.6 Å². The maximum absolute atomic E-state index is 12.9. The van der Waals surface area contributed by atoms with Crippen molar-refractivity contribution in [3.8, 4) is 0 Å². The monoisotopic (exact) mass is 299 g/mol. The van der Waals surface area contributed by atoms with E-state index in [0.29, 0.717) is 0 Å². The molecule has 0 atom stereocenters. The SMILES string of the molecule is CN(Cc1ccccc1C(F)(F)F)C(=O)Cn1cnnn1. The number of carbonyl (C=O) groups excluding carboxylic acids is 1. The molecular formula is C12H12F3N5O. The first kappa shape index (κ1) is 14.9. The third kappa shape index (κ3) is 3.77. The molecule has 0 spiro atoms. The van der Waals surface area contributed by atoms with Crippen molar-refractivity contribution < 1.29 is 18.0 Å². The molecule has 0 saturated carbocycles. The number of aromatic nitrogens is 4. The van der Waals surface area contributed by atoms with Gasteiger partial charge in [0.2, 0.25) is 5.91 Å². The van der Waals surface area contributed by atoms with Crippen LogP contribution in [-0.2, 0) is 24.1 Å². The highest BCUT2D eigenvalue weighted by molar-refractivity contribution is 5.75. The highest BCUT2D eigenvalue weighted by Crippen LogP contribution is 2.32. The average molecular weight is 299 g/mol. The van der Waals surface area contributed by atoms with Crippen molar-refractivity contribution in [3.05, 3.63) is 41.7 Å². The summed E-state index contributed by atoms with van der Waals surface area (Å²) in [5.41, 5.74) is -0.704. The first-order valence-corrected chi connectivity index (χ1v) is 5.98. The number of alkyl halides is 3. The van der Waals surface area contributed by atoms with Gasteiger partial charge < -0.3 is 4.90 Å². The van der Waals surface area contributed by atoms with E-state index in [1.165, 1.54) is 41.2 Å². The number of halogens is 3. The number of hydrogen-bond donors (Lipinski definition) is 0. The molecule has 6 nitrogen and oxygen atoms in total. The topological polar surface area (TPSA) is 63.9 Å². The van der Waals surface area contributed by atoms with Crippen molar-refractivity contribution >= 4 is 5.91 Å². The van der Waals surface area contributed by atoms with Crippen LogP contribution in [0.2, 0.25) is 0 Å². The Hall–Kier alpha value is -2.45. The van der Waals surface area contributed by atoms with Gasteiger partial charge in [0.25, 0.3) is 0 Å². The van der Waals surface area contributed by atoms with Gasteiger partial charge in [-0.15, -0.1) is 5.10 Å². The quantitative estimate of drug-likeness (QED) is 0.855. The molecule has 0 N–H and O–H groups in total. The molecule has 0 aliphatic carbocycles. The van der Waals surface area contributed by atoms with Crippen LogP contribution >= 0.6 is 0 Å². The van der Waals surface area contributed by atoms with Crippen molar-refractivity contribution in [1.82, 2.24) is 25.1 Å². The zero-order valence-electron chi connectivity index (χ0n) is 11.1. The lowest BCUT2D eigenvalue weighted by molar-refractivity contribution is -0.139. The summed E-state index contributed by atoms with van der Waals surface area (Å²) in [5, 5.41) is 10.3. The van der Waals surface area contributed by atoms with Crippen LogP contribution in [0.15, 0.2) is 30.6 Å². The molecule has 0 bridgehead atoms. The molecule has 1 aromatic carbocycles. The number of likely N-dealkylation sites (N-methyl/N-ethyl adjacent to an activating group) is 1. The molecular weight excluding hydrogens is 287 g/mol. The van der Waals surface area contributed by atoms with Crippen molar-refractivity contribution in [2.45, 2.75) is 19.3 Å². The molecule has 2 aromatic rings. The molecule has 1 aromatic heterocycles. The maximum atomic E-state index is 12.9. The van der Waals surface area contributed by atoms with Gasteiger partial charge in [-0.1, -0.05) is 18.2 Å². The molecule has 0 aliphatic rings. The fourth-order valence-electron chi connectivity index (χ4n) is 1.79. The normalized spacial score (nSPS) is 11.4. The maximum Gasteiger partial charge on any atom is 0.416 e. The average Bonchev–Trinajstić information content (AvgIpc) is 2.91. The molecule has 2 rings (SSSR count). The Morgan fingerprint density at radius 1 is 1.33 bits per heavy atom. The van der Waals surface area contributed by atoms with E-state index in [1.54, 1.807) is 0 Å². The minimum atomic E-state index is -4.45. The molecule has 1 heterocycles. The summed E-state index contributed by atoms with van der Waals surface area (Å²) in [5.74, 6) is -0.390. The lowest BCUT2D eigenvalue weighted by atomic mass is 10.1. The van der Waals surface area contributed by atoms with Gasteiger partial charge in [-0.2, -0.15) is 13.2 Å². The second kappa shape index (κ2) is 5.90. The molecule has 0 aliphatic heterocycles. The van der Waals surface area contributed by atoms with Crippen LogP contribution in [0.3, 0.4) is 0 Å². The van der Waals surface area contributed by atoms with Crippen LogP contribution < -0.4 is 0 Å². The zero-order chi connectivity index (χ0) is 15.5. The van der Waals surface area contributed by atoms with E-state index in [2.05, 4.69) is 15.5 Å². The fourth-order valence-corrected chi connectivity index (χ4v) is 1.79. The molecule has 9 heteroatoms. The van der Waals surface area contributed by atoms with E-state index >= 15 is 0 Å². The van der Waals surface area contributed by atoms with Crippen LogP contribution in [0, 0.1) is 0 Å². The summed E-state index contributed by atoms with van der Waals surface area (Å²) in [6.07, 6.45) is -3.19. The second-order valence-corrected chi connectivity index (χ2v) is 4.41. The standard InChI is InChI=1S/C12H12F3N5O/c1-19(11(21)7-20-8-16-17-18-20)6-9-4-2-3-5-10(9)12(13,14)15/h2-5,8H,6-7H2,1H3.